The highest BCUT2D eigenvalue weighted by Gasteiger charge is 2.13. The maximum absolute atomic E-state index is 12.4. The van der Waals surface area contributed by atoms with Gasteiger partial charge in [-0.25, -0.2) is 0 Å². The Bertz CT molecular complexity index is 760. The van der Waals surface area contributed by atoms with Crippen molar-refractivity contribution < 1.29 is 9.59 Å². The van der Waals surface area contributed by atoms with Gasteiger partial charge in [0.2, 0.25) is 0 Å². The van der Waals surface area contributed by atoms with E-state index in [2.05, 4.69) is 15.6 Å². The Morgan fingerprint density at radius 2 is 1.79 bits per heavy atom. The molecule has 1 aromatic heterocycles. The van der Waals surface area contributed by atoms with E-state index in [0.717, 1.165) is 5.56 Å². The van der Waals surface area contributed by atoms with E-state index in [1.165, 1.54) is 18.5 Å². The van der Waals surface area contributed by atoms with Crippen LogP contribution < -0.4 is 10.6 Å². The molecule has 0 aliphatic carbocycles. The second-order valence-electron chi connectivity index (χ2n) is 5.98. The Morgan fingerprint density at radius 3 is 2.46 bits per heavy atom. The third-order valence-corrected chi connectivity index (χ3v) is 3.62. The standard InChI is InChI=1S/C18H20ClN3O2/c1-11(2)8-21-17(23)13-6-14(10-20-9-13)18(24)22-16-7-15(19)5-4-12(16)3/h4-7,9-11H,8H2,1-3H3,(H,21,23)(H,22,24). The lowest BCUT2D eigenvalue weighted by Crippen LogP contribution is -2.27. The Morgan fingerprint density at radius 1 is 1.12 bits per heavy atom. The summed E-state index contributed by atoms with van der Waals surface area (Å²) < 4.78 is 0. The van der Waals surface area contributed by atoms with Gasteiger partial charge in [0.25, 0.3) is 11.8 Å². The smallest absolute Gasteiger partial charge is 0.257 e. The van der Waals surface area contributed by atoms with Crippen LogP contribution in [0.1, 0.15) is 40.1 Å². The van der Waals surface area contributed by atoms with Gasteiger partial charge in [0.15, 0.2) is 0 Å². The first kappa shape index (κ1) is 17.9. The van der Waals surface area contributed by atoms with E-state index in [9.17, 15) is 9.59 Å². The number of rotatable bonds is 5. The summed E-state index contributed by atoms with van der Waals surface area (Å²) in [6.07, 6.45) is 2.87. The van der Waals surface area contributed by atoms with Crippen LogP contribution in [0.15, 0.2) is 36.7 Å². The summed E-state index contributed by atoms with van der Waals surface area (Å²) in [6, 6.07) is 6.79. The van der Waals surface area contributed by atoms with Crippen molar-refractivity contribution in [2.75, 3.05) is 11.9 Å². The zero-order valence-electron chi connectivity index (χ0n) is 13.9. The molecule has 0 radical (unpaired) electrons. The van der Waals surface area contributed by atoms with Gasteiger partial charge >= 0.3 is 0 Å². The first-order valence-corrected chi connectivity index (χ1v) is 8.05. The van der Waals surface area contributed by atoms with Crippen LogP contribution in [-0.4, -0.2) is 23.3 Å². The minimum absolute atomic E-state index is 0.246. The molecule has 0 atom stereocenters. The number of carbonyl (C=O) groups is 2. The van der Waals surface area contributed by atoms with Crippen molar-refractivity contribution >= 4 is 29.1 Å². The quantitative estimate of drug-likeness (QED) is 0.868. The fourth-order valence-corrected chi connectivity index (χ4v) is 2.18. The van der Waals surface area contributed by atoms with E-state index in [1.54, 1.807) is 12.1 Å². The Labute approximate surface area is 146 Å². The number of nitrogens with zero attached hydrogens (tertiary/aromatic N) is 1. The molecule has 6 heteroatoms. The molecule has 24 heavy (non-hydrogen) atoms. The lowest BCUT2D eigenvalue weighted by molar-refractivity contribution is 0.0948. The molecule has 1 aromatic carbocycles. The molecular formula is C18H20ClN3O2. The van der Waals surface area contributed by atoms with Crippen LogP contribution in [-0.2, 0) is 0 Å². The van der Waals surface area contributed by atoms with Crippen molar-refractivity contribution in [2.24, 2.45) is 5.92 Å². The molecule has 2 amide bonds. The van der Waals surface area contributed by atoms with E-state index >= 15 is 0 Å². The molecule has 1 heterocycles. The highest BCUT2D eigenvalue weighted by molar-refractivity contribution is 6.31. The number of carbonyl (C=O) groups excluding carboxylic acids is 2. The number of hydrogen-bond donors (Lipinski definition) is 2. The summed E-state index contributed by atoms with van der Waals surface area (Å²) in [7, 11) is 0. The number of nitrogens with one attached hydrogen (secondary N) is 2. The highest BCUT2D eigenvalue weighted by Crippen LogP contribution is 2.20. The number of hydrogen-bond acceptors (Lipinski definition) is 3. The summed E-state index contributed by atoms with van der Waals surface area (Å²) >= 11 is 5.96. The van der Waals surface area contributed by atoms with Crippen molar-refractivity contribution in [3.8, 4) is 0 Å². The minimum Gasteiger partial charge on any atom is -0.352 e. The van der Waals surface area contributed by atoms with E-state index in [1.807, 2.05) is 26.8 Å². The second-order valence-corrected chi connectivity index (χ2v) is 6.42. The number of amides is 2. The maximum atomic E-state index is 12.4. The first-order valence-electron chi connectivity index (χ1n) is 7.67. The third kappa shape index (κ3) is 4.80. The SMILES string of the molecule is Cc1ccc(Cl)cc1NC(=O)c1cncc(C(=O)NCC(C)C)c1. The Kier molecular flexibility index (Phi) is 5.93. The molecule has 0 bridgehead atoms. The zero-order chi connectivity index (χ0) is 17.7. The van der Waals surface area contributed by atoms with Crippen molar-refractivity contribution in [2.45, 2.75) is 20.8 Å². The summed E-state index contributed by atoms with van der Waals surface area (Å²) in [5, 5.41) is 6.13. The van der Waals surface area contributed by atoms with Gasteiger partial charge in [-0.3, -0.25) is 14.6 Å². The highest BCUT2D eigenvalue weighted by atomic mass is 35.5. The van der Waals surface area contributed by atoms with Crippen LogP contribution in [0.2, 0.25) is 5.02 Å². The second kappa shape index (κ2) is 7.93. The number of halogens is 1. The van der Waals surface area contributed by atoms with Gasteiger partial charge in [-0.15, -0.1) is 0 Å². The van der Waals surface area contributed by atoms with Crippen LogP contribution in [0.3, 0.4) is 0 Å². The minimum atomic E-state index is -0.341. The molecule has 0 fully saturated rings. The van der Waals surface area contributed by atoms with Crippen LogP contribution in [0, 0.1) is 12.8 Å². The van der Waals surface area contributed by atoms with Gasteiger partial charge in [-0.2, -0.15) is 0 Å². The van der Waals surface area contributed by atoms with Crippen LogP contribution in [0.5, 0.6) is 0 Å². The number of pyridine rings is 1. The normalized spacial score (nSPS) is 10.5. The predicted molar refractivity (Wildman–Crippen MR) is 95.6 cm³/mol. The van der Waals surface area contributed by atoms with Gasteiger partial charge in [0.05, 0.1) is 11.1 Å². The monoisotopic (exact) mass is 345 g/mol. The molecular weight excluding hydrogens is 326 g/mol. The van der Waals surface area contributed by atoms with Crippen LogP contribution >= 0.6 is 11.6 Å². The third-order valence-electron chi connectivity index (χ3n) is 3.38. The van der Waals surface area contributed by atoms with E-state index in [-0.39, 0.29) is 11.8 Å². The summed E-state index contributed by atoms with van der Waals surface area (Å²) in [4.78, 5) is 28.5. The molecule has 0 aliphatic rings. The number of aromatic nitrogens is 1. The summed E-state index contributed by atoms with van der Waals surface area (Å²) in [5.74, 6) is -0.240. The molecule has 0 spiro atoms. The van der Waals surface area contributed by atoms with Gasteiger partial charge < -0.3 is 10.6 Å². The topological polar surface area (TPSA) is 71.1 Å². The van der Waals surface area contributed by atoms with Gasteiger partial charge in [-0.05, 0) is 36.6 Å². The average molecular weight is 346 g/mol. The zero-order valence-corrected chi connectivity index (χ0v) is 14.6. The number of aryl methyl sites for hydroxylation is 1. The average Bonchev–Trinajstić information content (AvgIpc) is 2.56. The summed E-state index contributed by atoms with van der Waals surface area (Å²) in [5.41, 5.74) is 2.19. The molecule has 126 valence electrons. The van der Waals surface area contributed by atoms with Crippen molar-refractivity contribution in [1.29, 1.82) is 0 Å². The predicted octanol–water partition coefficient (Wildman–Crippen LogP) is 3.68. The van der Waals surface area contributed by atoms with Crippen molar-refractivity contribution in [3.05, 3.63) is 58.4 Å². The molecule has 2 aromatic rings. The number of benzene rings is 1. The molecule has 5 nitrogen and oxygen atoms in total. The Balaban J connectivity index is 2.14. The molecule has 0 aliphatic heterocycles. The van der Waals surface area contributed by atoms with E-state index in [4.69, 9.17) is 11.6 Å². The van der Waals surface area contributed by atoms with E-state index < -0.39 is 0 Å². The Hall–Kier alpha value is -2.40. The van der Waals surface area contributed by atoms with Crippen molar-refractivity contribution in [1.82, 2.24) is 10.3 Å². The van der Waals surface area contributed by atoms with Gasteiger partial charge in [0, 0.05) is 29.6 Å². The van der Waals surface area contributed by atoms with Crippen molar-refractivity contribution in [3.63, 3.8) is 0 Å². The lowest BCUT2D eigenvalue weighted by Gasteiger charge is -2.10. The number of anilines is 1. The molecule has 2 rings (SSSR count). The maximum Gasteiger partial charge on any atom is 0.257 e. The fraction of sp³-hybridized carbons (Fsp3) is 0.278. The van der Waals surface area contributed by atoms with Gasteiger partial charge in [-0.1, -0.05) is 31.5 Å². The molecule has 2 N–H and O–H groups in total. The van der Waals surface area contributed by atoms with Crippen LogP contribution in [0.4, 0.5) is 5.69 Å². The lowest BCUT2D eigenvalue weighted by atomic mass is 10.1. The van der Waals surface area contributed by atoms with Gasteiger partial charge in [0.1, 0.15) is 0 Å². The largest absolute Gasteiger partial charge is 0.352 e. The van der Waals surface area contributed by atoms with E-state index in [0.29, 0.717) is 34.3 Å². The van der Waals surface area contributed by atoms with Crippen LogP contribution in [0.25, 0.3) is 0 Å². The summed E-state index contributed by atoms with van der Waals surface area (Å²) in [6.45, 7) is 6.46. The first-order chi connectivity index (χ1) is 11.4. The molecule has 0 saturated heterocycles. The molecule has 0 saturated carbocycles. The fourth-order valence-electron chi connectivity index (χ4n) is 2.01. The molecule has 0 unspecified atom stereocenters.